The van der Waals surface area contributed by atoms with Crippen LogP contribution >= 0.6 is 0 Å². The van der Waals surface area contributed by atoms with Crippen molar-refractivity contribution in [1.82, 2.24) is 4.90 Å². The topological polar surface area (TPSA) is 72.1 Å². The van der Waals surface area contributed by atoms with E-state index in [1.807, 2.05) is 12.1 Å². The first kappa shape index (κ1) is 17.1. The van der Waals surface area contributed by atoms with Gasteiger partial charge < -0.3 is 23.9 Å². The second-order valence-corrected chi connectivity index (χ2v) is 6.80. The Morgan fingerprint density at radius 1 is 1.27 bits per heavy atom. The lowest BCUT2D eigenvalue weighted by molar-refractivity contribution is -0.0948. The molecule has 0 atom stereocenters. The Bertz CT molecular complexity index is 790. The normalized spacial score (nSPS) is 18.6. The lowest BCUT2D eigenvalue weighted by atomic mass is 9.78. The van der Waals surface area contributed by atoms with Crippen molar-refractivity contribution in [2.45, 2.75) is 31.5 Å². The first-order valence-corrected chi connectivity index (χ1v) is 8.96. The number of fused-ring (bicyclic) bond motifs is 2. The maximum absolute atomic E-state index is 12.7. The first-order chi connectivity index (χ1) is 12.7. The highest BCUT2D eigenvalue weighted by molar-refractivity contribution is 5.91. The Hall–Kier alpha value is -2.31. The fraction of sp³-hybridized carbons (Fsp3) is 0.450. The summed E-state index contributed by atoms with van der Waals surface area (Å²) in [6.07, 6.45) is 2.33. The number of piperidine rings is 1. The molecule has 1 N–H and O–H groups in total. The van der Waals surface area contributed by atoms with E-state index in [2.05, 4.69) is 6.07 Å². The summed E-state index contributed by atoms with van der Waals surface area (Å²) in [5, 5.41) is 9.10. The SMILES string of the molecule is COc1cccc2c1C1(CCN(C(=O)c3ccc(CO)o3)CC1)OCC2. The number of methoxy groups -OCH3 is 1. The van der Waals surface area contributed by atoms with Crippen LogP contribution in [0, 0.1) is 0 Å². The van der Waals surface area contributed by atoms with Crippen molar-refractivity contribution in [1.29, 1.82) is 0 Å². The Morgan fingerprint density at radius 3 is 2.77 bits per heavy atom. The van der Waals surface area contributed by atoms with E-state index in [1.165, 1.54) is 5.56 Å². The van der Waals surface area contributed by atoms with E-state index in [-0.39, 0.29) is 18.3 Å². The molecule has 1 saturated heterocycles. The zero-order valence-corrected chi connectivity index (χ0v) is 14.9. The van der Waals surface area contributed by atoms with Crippen molar-refractivity contribution in [2.24, 2.45) is 0 Å². The number of benzene rings is 1. The van der Waals surface area contributed by atoms with Gasteiger partial charge in [-0.05, 0) is 43.0 Å². The zero-order chi connectivity index (χ0) is 18.1. The van der Waals surface area contributed by atoms with Gasteiger partial charge >= 0.3 is 0 Å². The van der Waals surface area contributed by atoms with Gasteiger partial charge in [0.05, 0.1) is 13.7 Å². The summed E-state index contributed by atoms with van der Waals surface area (Å²) < 4.78 is 17.2. The van der Waals surface area contributed by atoms with Crippen LogP contribution in [0.3, 0.4) is 0 Å². The van der Waals surface area contributed by atoms with Gasteiger partial charge in [-0.25, -0.2) is 0 Å². The maximum Gasteiger partial charge on any atom is 0.289 e. The van der Waals surface area contributed by atoms with Crippen molar-refractivity contribution in [3.05, 3.63) is 53.0 Å². The third-order valence-corrected chi connectivity index (χ3v) is 5.42. The predicted octanol–water partition coefficient (Wildman–Crippen LogP) is 2.48. The number of aliphatic hydroxyl groups excluding tert-OH is 1. The first-order valence-electron chi connectivity index (χ1n) is 8.96. The van der Waals surface area contributed by atoms with Crippen LogP contribution in [-0.4, -0.2) is 42.7 Å². The molecule has 3 heterocycles. The minimum atomic E-state index is -0.392. The Balaban J connectivity index is 1.55. The second kappa shape index (κ2) is 6.78. The molecule has 26 heavy (non-hydrogen) atoms. The van der Waals surface area contributed by atoms with Crippen LogP contribution in [0.1, 0.15) is 40.3 Å². The van der Waals surface area contributed by atoms with Crippen LogP contribution in [-0.2, 0) is 23.4 Å². The fourth-order valence-corrected chi connectivity index (χ4v) is 4.10. The Morgan fingerprint density at radius 2 is 2.08 bits per heavy atom. The van der Waals surface area contributed by atoms with Gasteiger partial charge in [0.2, 0.25) is 0 Å². The third-order valence-electron chi connectivity index (χ3n) is 5.42. The molecule has 0 unspecified atom stereocenters. The van der Waals surface area contributed by atoms with E-state index in [0.29, 0.717) is 25.5 Å². The summed E-state index contributed by atoms with van der Waals surface area (Å²) in [5.41, 5.74) is 2.02. The number of amides is 1. The summed E-state index contributed by atoms with van der Waals surface area (Å²) in [7, 11) is 1.69. The number of rotatable bonds is 3. The quantitative estimate of drug-likeness (QED) is 0.914. The summed E-state index contributed by atoms with van der Waals surface area (Å²) in [6.45, 7) is 1.66. The summed E-state index contributed by atoms with van der Waals surface area (Å²) in [4.78, 5) is 14.4. The number of carbonyl (C=O) groups excluding carboxylic acids is 1. The van der Waals surface area contributed by atoms with Crippen LogP contribution in [0.2, 0.25) is 0 Å². The van der Waals surface area contributed by atoms with Gasteiger partial charge in [0.25, 0.3) is 5.91 Å². The van der Waals surface area contributed by atoms with Crippen LogP contribution < -0.4 is 4.74 Å². The highest BCUT2D eigenvalue weighted by Gasteiger charge is 2.43. The molecule has 1 amide bonds. The van der Waals surface area contributed by atoms with Crippen LogP contribution in [0.5, 0.6) is 5.75 Å². The van der Waals surface area contributed by atoms with Crippen LogP contribution in [0.4, 0.5) is 0 Å². The number of hydrogen-bond donors (Lipinski definition) is 1. The van der Waals surface area contributed by atoms with E-state index >= 15 is 0 Å². The molecule has 6 nitrogen and oxygen atoms in total. The lowest BCUT2D eigenvalue weighted by Crippen LogP contribution is -2.48. The molecular formula is C20H23NO5. The largest absolute Gasteiger partial charge is 0.496 e. The van der Waals surface area contributed by atoms with Crippen molar-refractivity contribution < 1.29 is 23.8 Å². The number of nitrogens with zero attached hydrogens (tertiary/aromatic N) is 1. The highest BCUT2D eigenvalue weighted by Crippen LogP contribution is 2.45. The molecule has 1 fully saturated rings. The average molecular weight is 357 g/mol. The van der Waals surface area contributed by atoms with Gasteiger partial charge in [0.1, 0.15) is 23.7 Å². The van der Waals surface area contributed by atoms with Gasteiger partial charge in [0, 0.05) is 18.7 Å². The number of furan rings is 1. The van der Waals surface area contributed by atoms with Crippen LogP contribution in [0.15, 0.2) is 34.7 Å². The summed E-state index contributed by atoms with van der Waals surface area (Å²) in [6, 6.07) is 9.38. The van der Waals surface area contributed by atoms with Crippen LogP contribution in [0.25, 0.3) is 0 Å². The van der Waals surface area contributed by atoms with Crippen molar-refractivity contribution in [3.63, 3.8) is 0 Å². The van der Waals surface area contributed by atoms with E-state index < -0.39 is 5.60 Å². The molecule has 2 aromatic rings. The summed E-state index contributed by atoms with van der Waals surface area (Å²) >= 11 is 0. The number of likely N-dealkylation sites (tertiary alicyclic amines) is 1. The molecule has 0 aliphatic carbocycles. The minimum absolute atomic E-state index is 0.143. The van der Waals surface area contributed by atoms with Gasteiger partial charge in [-0.2, -0.15) is 0 Å². The Kier molecular flexibility index (Phi) is 4.46. The molecule has 0 bridgehead atoms. The van der Waals surface area contributed by atoms with E-state index in [4.69, 9.17) is 19.0 Å². The van der Waals surface area contributed by atoms with Crippen molar-refractivity contribution in [3.8, 4) is 5.75 Å². The highest BCUT2D eigenvalue weighted by atomic mass is 16.5. The smallest absolute Gasteiger partial charge is 0.289 e. The maximum atomic E-state index is 12.7. The lowest BCUT2D eigenvalue weighted by Gasteiger charge is -2.45. The third kappa shape index (κ3) is 2.79. The van der Waals surface area contributed by atoms with Gasteiger partial charge in [-0.15, -0.1) is 0 Å². The van der Waals surface area contributed by atoms with Crippen molar-refractivity contribution >= 4 is 5.91 Å². The molecule has 0 radical (unpaired) electrons. The number of carbonyl (C=O) groups is 1. The van der Waals surface area contributed by atoms with E-state index in [0.717, 1.165) is 30.6 Å². The number of hydrogen-bond acceptors (Lipinski definition) is 5. The standard InChI is InChI=1S/C20H23NO5/c1-24-16-4-2-3-14-7-12-25-20(18(14)16)8-10-21(11-9-20)19(23)17-6-5-15(13-22)26-17/h2-6,22H,7-13H2,1H3. The predicted molar refractivity (Wildman–Crippen MR) is 94.1 cm³/mol. The molecule has 1 spiro atoms. The molecule has 2 aliphatic heterocycles. The molecule has 138 valence electrons. The molecule has 2 aliphatic rings. The molecule has 0 saturated carbocycles. The Labute approximate surface area is 152 Å². The number of ether oxygens (including phenoxy) is 2. The minimum Gasteiger partial charge on any atom is -0.496 e. The van der Waals surface area contributed by atoms with E-state index in [9.17, 15) is 4.79 Å². The van der Waals surface area contributed by atoms with E-state index in [1.54, 1.807) is 24.1 Å². The monoisotopic (exact) mass is 357 g/mol. The van der Waals surface area contributed by atoms with Gasteiger partial charge in [-0.3, -0.25) is 4.79 Å². The molecule has 1 aromatic heterocycles. The molecule has 6 heteroatoms. The molecular weight excluding hydrogens is 334 g/mol. The van der Waals surface area contributed by atoms with Gasteiger partial charge in [-0.1, -0.05) is 12.1 Å². The number of aliphatic hydroxyl groups is 1. The summed E-state index contributed by atoms with van der Waals surface area (Å²) in [5.74, 6) is 1.39. The average Bonchev–Trinajstić information content (AvgIpc) is 3.17. The fourth-order valence-electron chi connectivity index (χ4n) is 4.10. The molecule has 4 rings (SSSR count). The second-order valence-electron chi connectivity index (χ2n) is 6.80. The molecule has 1 aromatic carbocycles. The zero-order valence-electron chi connectivity index (χ0n) is 14.9. The van der Waals surface area contributed by atoms with Crippen molar-refractivity contribution in [2.75, 3.05) is 26.8 Å². The van der Waals surface area contributed by atoms with Gasteiger partial charge in [0.15, 0.2) is 5.76 Å².